The van der Waals surface area contributed by atoms with E-state index in [-0.39, 0.29) is 11.9 Å². The summed E-state index contributed by atoms with van der Waals surface area (Å²) in [7, 11) is 1.46. The summed E-state index contributed by atoms with van der Waals surface area (Å²) in [5, 5.41) is 0. The number of esters is 1. The number of hydrogen-bond acceptors (Lipinski definition) is 2. The zero-order valence-electron chi connectivity index (χ0n) is 9.21. The fourth-order valence-electron chi connectivity index (χ4n) is 1.96. The third kappa shape index (κ3) is 3.17. The Labute approximate surface area is 86.3 Å². The molecule has 0 aromatic rings. The SMILES string of the molecule is CCC(C=C1CCCCC1)C(=O)OC. The van der Waals surface area contributed by atoms with Crippen LogP contribution < -0.4 is 0 Å². The van der Waals surface area contributed by atoms with Gasteiger partial charge in [-0.1, -0.05) is 25.0 Å². The second kappa shape index (κ2) is 5.84. The van der Waals surface area contributed by atoms with Crippen molar-refractivity contribution in [2.24, 2.45) is 5.92 Å². The summed E-state index contributed by atoms with van der Waals surface area (Å²) in [5.74, 6) is -0.112. The van der Waals surface area contributed by atoms with Crippen molar-refractivity contribution in [2.75, 3.05) is 7.11 Å². The van der Waals surface area contributed by atoms with Crippen molar-refractivity contribution in [1.82, 2.24) is 0 Å². The van der Waals surface area contributed by atoms with Gasteiger partial charge in [0.1, 0.15) is 0 Å². The molecule has 1 aliphatic carbocycles. The van der Waals surface area contributed by atoms with Crippen LogP contribution in [0.2, 0.25) is 0 Å². The molecular formula is C12H20O2. The summed E-state index contributed by atoms with van der Waals surface area (Å²) in [6.45, 7) is 2.03. The molecule has 1 unspecified atom stereocenters. The zero-order chi connectivity index (χ0) is 10.4. The van der Waals surface area contributed by atoms with E-state index in [2.05, 4.69) is 6.08 Å². The molecule has 0 amide bonds. The normalized spacial score (nSPS) is 18.9. The molecule has 0 N–H and O–H groups in total. The van der Waals surface area contributed by atoms with Gasteiger partial charge in [0, 0.05) is 0 Å². The molecule has 1 atom stereocenters. The van der Waals surface area contributed by atoms with Crippen molar-refractivity contribution in [3.8, 4) is 0 Å². The first kappa shape index (κ1) is 11.3. The van der Waals surface area contributed by atoms with Crippen molar-refractivity contribution >= 4 is 5.97 Å². The molecular weight excluding hydrogens is 176 g/mol. The van der Waals surface area contributed by atoms with Crippen LogP contribution in [0.4, 0.5) is 0 Å². The van der Waals surface area contributed by atoms with Crippen LogP contribution in [-0.2, 0) is 9.53 Å². The van der Waals surface area contributed by atoms with Crippen LogP contribution in [0.15, 0.2) is 11.6 Å². The van der Waals surface area contributed by atoms with Crippen LogP contribution in [0.3, 0.4) is 0 Å². The van der Waals surface area contributed by atoms with E-state index in [1.54, 1.807) is 0 Å². The van der Waals surface area contributed by atoms with Crippen LogP contribution in [0, 0.1) is 5.92 Å². The van der Waals surface area contributed by atoms with Gasteiger partial charge in [0.2, 0.25) is 0 Å². The van der Waals surface area contributed by atoms with E-state index in [4.69, 9.17) is 4.74 Å². The fourth-order valence-corrected chi connectivity index (χ4v) is 1.96. The van der Waals surface area contributed by atoms with Crippen LogP contribution in [0.25, 0.3) is 0 Å². The van der Waals surface area contributed by atoms with Crippen LogP contribution >= 0.6 is 0 Å². The molecule has 0 saturated heterocycles. The molecule has 14 heavy (non-hydrogen) atoms. The highest BCUT2D eigenvalue weighted by molar-refractivity contribution is 5.74. The quantitative estimate of drug-likeness (QED) is 0.512. The van der Waals surface area contributed by atoms with Gasteiger partial charge < -0.3 is 4.74 Å². The van der Waals surface area contributed by atoms with E-state index in [0.29, 0.717) is 0 Å². The maximum atomic E-state index is 11.3. The fraction of sp³-hybridized carbons (Fsp3) is 0.750. The average Bonchev–Trinajstić information content (AvgIpc) is 2.26. The first-order chi connectivity index (χ1) is 6.77. The lowest BCUT2D eigenvalue weighted by molar-refractivity contribution is -0.143. The number of carbonyl (C=O) groups is 1. The Morgan fingerprint density at radius 1 is 1.43 bits per heavy atom. The Morgan fingerprint density at radius 2 is 2.07 bits per heavy atom. The molecule has 0 radical (unpaired) electrons. The lowest BCUT2D eigenvalue weighted by Crippen LogP contribution is -2.14. The van der Waals surface area contributed by atoms with Crippen LogP contribution in [0.5, 0.6) is 0 Å². The first-order valence-electron chi connectivity index (χ1n) is 5.55. The number of rotatable bonds is 3. The molecule has 1 rings (SSSR count). The lowest BCUT2D eigenvalue weighted by atomic mass is 9.91. The van der Waals surface area contributed by atoms with Gasteiger partial charge in [-0.3, -0.25) is 4.79 Å². The van der Waals surface area contributed by atoms with Crippen molar-refractivity contribution in [3.63, 3.8) is 0 Å². The minimum absolute atomic E-state index is 0.0203. The summed E-state index contributed by atoms with van der Waals surface area (Å²) < 4.78 is 4.76. The smallest absolute Gasteiger partial charge is 0.312 e. The lowest BCUT2D eigenvalue weighted by Gasteiger charge is -2.16. The van der Waals surface area contributed by atoms with Gasteiger partial charge in [0.15, 0.2) is 0 Å². The molecule has 0 aromatic heterocycles. The number of ether oxygens (including phenoxy) is 1. The topological polar surface area (TPSA) is 26.3 Å². The number of methoxy groups -OCH3 is 1. The molecule has 1 aliphatic rings. The Morgan fingerprint density at radius 3 is 2.57 bits per heavy atom. The van der Waals surface area contributed by atoms with E-state index in [1.165, 1.54) is 44.8 Å². The molecule has 1 saturated carbocycles. The number of allylic oxidation sites excluding steroid dienone is 1. The van der Waals surface area contributed by atoms with E-state index >= 15 is 0 Å². The third-order valence-electron chi connectivity index (χ3n) is 2.88. The van der Waals surface area contributed by atoms with E-state index in [9.17, 15) is 4.79 Å². The van der Waals surface area contributed by atoms with Crippen LogP contribution in [0.1, 0.15) is 45.4 Å². The molecule has 1 fully saturated rings. The number of carbonyl (C=O) groups excluding carboxylic acids is 1. The standard InChI is InChI=1S/C12H20O2/c1-3-11(12(13)14-2)9-10-7-5-4-6-8-10/h9,11H,3-8H2,1-2H3. The second-order valence-electron chi connectivity index (χ2n) is 3.92. The van der Waals surface area contributed by atoms with Crippen LogP contribution in [-0.4, -0.2) is 13.1 Å². The van der Waals surface area contributed by atoms with Crippen molar-refractivity contribution in [2.45, 2.75) is 45.4 Å². The molecule has 0 spiro atoms. The summed E-state index contributed by atoms with van der Waals surface area (Å²) in [6.07, 6.45) is 9.22. The maximum Gasteiger partial charge on any atom is 0.312 e. The van der Waals surface area contributed by atoms with E-state index in [1.807, 2.05) is 6.92 Å². The van der Waals surface area contributed by atoms with Crippen molar-refractivity contribution in [1.29, 1.82) is 0 Å². The minimum atomic E-state index is -0.0921. The molecule has 0 aromatic carbocycles. The summed E-state index contributed by atoms with van der Waals surface area (Å²) in [4.78, 5) is 11.3. The predicted octanol–water partition coefficient (Wildman–Crippen LogP) is 3.08. The average molecular weight is 196 g/mol. The summed E-state index contributed by atoms with van der Waals surface area (Å²) in [5.41, 5.74) is 1.45. The van der Waals surface area contributed by atoms with Gasteiger partial charge >= 0.3 is 5.97 Å². The highest BCUT2D eigenvalue weighted by Gasteiger charge is 2.15. The molecule has 80 valence electrons. The molecule has 2 heteroatoms. The largest absolute Gasteiger partial charge is 0.469 e. The molecule has 2 nitrogen and oxygen atoms in total. The highest BCUT2D eigenvalue weighted by Crippen LogP contribution is 2.25. The second-order valence-corrected chi connectivity index (χ2v) is 3.92. The van der Waals surface area contributed by atoms with Gasteiger partial charge in [-0.05, 0) is 32.1 Å². The minimum Gasteiger partial charge on any atom is -0.469 e. The Bertz CT molecular complexity index is 210. The predicted molar refractivity (Wildman–Crippen MR) is 57.0 cm³/mol. The van der Waals surface area contributed by atoms with E-state index in [0.717, 1.165) is 6.42 Å². The summed E-state index contributed by atoms with van der Waals surface area (Å²) in [6, 6.07) is 0. The van der Waals surface area contributed by atoms with Gasteiger partial charge in [0.25, 0.3) is 0 Å². The molecule has 0 bridgehead atoms. The van der Waals surface area contributed by atoms with E-state index < -0.39 is 0 Å². The highest BCUT2D eigenvalue weighted by atomic mass is 16.5. The third-order valence-corrected chi connectivity index (χ3v) is 2.88. The maximum absolute atomic E-state index is 11.3. The first-order valence-corrected chi connectivity index (χ1v) is 5.55. The molecule has 0 heterocycles. The van der Waals surface area contributed by atoms with Gasteiger partial charge in [-0.2, -0.15) is 0 Å². The van der Waals surface area contributed by atoms with Crippen molar-refractivity contribution in [3.05, 3.63) is 11.6 Å². The van der Waals surface area contributed by atoms with Crippen molar-refractivity contribution < 1.29 is 9.53 Å². The van der Waals surface area contributed by atoms with Gasteiger partial charge in [-0.15, -0.1) is 0 Å². The van der Waals surface area contributed by atoms with Gasteiger partial charge in [0.05, 0.1) is 13.0 Å². The monoisotopic (exact) mass is 196 g/mol. The Balaban J connectivity index is 2.56. The van der Waals surface area contributed by atoms with Gasteiger partial charge in [-0.25, -0.2) is 0 Å². The Hall–Kier alpha value is -0.790. The number of hydrogen-bond donors (Lipinski definition) is 0. The Kier molecular flexibility index (Phi) is 4.71. The zero-order valence-corrected chi connectivity index (χ0v) is 9.21. The summed E-state index contributed by atoms with van der Waals surface area (Å²) >= 11 is 0. The molecule has 0 aliphatic heterocycles.